The van der Waals surface area contributed by atoms with Crippen LogP contribution in [0, 0.1) is 6.92 Å². The zero-order valence-corrected chi connectivity index (χ0v) is 15.7. The first-order valence-corrected chi connectivity index (χ1v) is 9.58. The van der Waals surface area contributed by atoms with E-state index in [9.17, 15) is 4.79 Å². The Morgan fingerprint density at radius 3 is 2.73 bits per heavy atom. The number of hydrogen-bond acceptors (Lipinski definition) is 1. The van der Waals surface area contributed by atoms with Crippen LogP contribution in [0.15, 0.2) is 48.7 Å². The maximum atomic E-state index is 12.7. The molecule has 1 aliphatic rings. The van der Waals surface area contributed by atoms with Gasteiger partial charge in [0, 0.05) is 35.2 Å². The summed E-state index contributed by atoms with van der Waals surface area (Å²) >= 11 is 6.08. The molecule has 4 heteroatoms. The molecule has 1 amide bonds. The third-order valence-corrected chi connectivity index (χ3v) is 5.80. The van der Waals surface area contributed by atoms with E-state index in [0.29, 0.717) is 12.3 Å². The number of aromatic nitrogens is 1. The van der Waals surface area contributed by atoms with Crippen molar-refractivity contribution in [3.05, 3.63) is 70.4 Å². The first-order valence-electron chi connectivity index (χ1n) is 9.20. The van der Waals surface area contributed by atoms with Gasteiger partial charge in [0.05, 0.1) is 6.42 Å². The maximum absolute atomic E-state index is 12.7. The lowest BCUT2D eigenvalue weighted by atomic mass is 9.89. The average Bonchev–Trinajstić information content (AvgIpc) is 3.06. The quantitative estimate of drug-likeness (QED) is 0.689. The number of fused-ring (bicyclic) bond motifs is 1. The van der Waals surface area contributed by atoms with Crippen LogP contribution < -0.4 is 0 Å². The first-order chi connectivity index (χ1) is 12.6. The van der Waals surface area contributed by atoms with Crippen LogP contribution in [0.5, 0.6) is 0 Å². The van der Waals surface area contributed by atoms with Crippen molar-refractivity contribution in [1.29, 1.82) is 0 Å². The Balaban J connectivity index is 1.42. The molecule has 0 unspecified atom stereocenters. The molecule has 0 saturated carbocycles. The molecular weight excluding hydrogens is 344 g/mol. The highest BCUT2D eigenvalue weighted by Crippen LogP contribution is 2.34. The smallest absolute Gasteiger partial charge is 0.226 e. The second-order valence-electron chi connectivity index (χ2n) is 7.19. The van der Waals surface area contributed by atoms with Gasteiger partial charge in [0.1, 0.15) is 0 Å². The molecule has 3 aromatic rings. The second-order valence-corrected chi connectivity index (χ2v) is 7.63. The van der Waals surface area contributed by atoms with Gasteiger partial charge in [-0.1, -0.05) is 41.9 Å². The third-order valence-electron chi connectivity index (χ3n) is 5.57. The Labute approximate surface area is 159 Å². The molecule has 1 aliphatic heterocycles. The molecule has 0 atom stereocenters. The van der Waals surface area contributed by atoms with Gasteiger partial charge in [0.2, 0.25) is 5.91 Å². The van der Waals surface area contributed by atoms with E-state index in [1.54, 1.807) is 0 Å². The largest absolute Gasteiger partial charge is 0.361 e. The lowest BCUT2D eigenvalue weighted by Gasteiger charge is -2.32. The molecule has 1 N–H and O–H groups in total. The van der Waals surface area contributed by atoms with E-state index < -0.39 is 0 Å². The van der Waals surface area contributed by atoms with Gasteiger partial charge >= 0.3 is 0 Å². The number of nitrogens with zero attached hydrogens (tertiary/aromatic N) is 1. The van der Waals surface area contributed by atoms with Gasteiger partial charge < -0.3 is 9.88 Å². The molecule has 0 radical (unpaired) electrons. The van der Waals surface area contributed by atoms with Crippen LogP contribution >= 0.6 is 11.6 Å². The van der Waals surface area contributed by atoms with E-state index in [1.807, 2.05) is 29.2 Å². The lowest BCUT2D eigenvalue weighted by Crippen LogP contribution is -2.38. The fraction of sp³-hybridized carbons (Fsp3) is 0.318. The number of amides is 1. The summed E-state index contributed by atoms with van der Waals surface area (Å²) in [6, 6.07) is 14.2. The van der Waals surface area contributed by atoms with Crippen LogP contribution in [0.25, 0.3) is 10.9 Å². The molecule has 2 aromatic carbocycles. The van der Waals surface area contributed by atoms with Crippen LogP contribution in [-0.2, 0) is 11.2 Å². The number of carbonyl (C=O) groups is 1. The number of aromatic amines is 1. The molecule has 0 spiro atoms. The van der Waals surface area contributed by atoms with Crippen molar-refractivity contribution >= 4 is 28.4 Å². The summed E-state index contributed by atoms with van der Waals surface area (Å²) in [6.07, 6.45) is 4.63. The Morgan fingerprint density at radius 2 is 1.96 bits per heavy atom. The minimum Gasteiger partial charge on any atom is -0.361 e. The molecule has 26 heavy (non-hydrogen) atoms. The zero-order chi connectivity index (χ0) is 18.1. The number of halogens is 1. The van der Waals surface area contributed by atoms with Crippen molar-refractivity contribution in [2.75, 3.05) is 13.1 Å². The molecule has 2 heterocycles. The summed E-state index contributed by atoms with van der Waals surface area (Å²) in [5.74, 6) is 0.732. The summed E-state index contributed by atoms with van der Waals surface area (Å²) in [5, 5.41) is 2.00. The normalized spacial score (nSPS) is 15.5. The van der Waals surface area contributed by atoms with E-state index >= 15 is 0 Å². The number of rotatable bonds is 3. The van der Waals surface area contributed by atoms with Crippen LogP contribution in [-0.4, -0.2) is 28.9 Å². The van der Waals surface area contributed by atoms with Gasteiger partial charge in [-0.05, 0) is 54.5 Å². The predicted octanol–water partition coefficient (Wildman–Crippen LogP) is 5.08. The summed E-state index contributed by atoms with van der Waals surface area (Å²) in [6.45, 7) is 3.73. The van der Waals surface area contributed by atoms with Crippen LogP contribution in [0.2, 0.25) is 5.02 Å². The maximum Gasteiger partial charge on any atom is 0.226 e. The van der Waals surface area contributed by atoms with Gasteiger partial charge in [-0.25, -0.2) is 0 Å². The summed E-state index contributed by atoms with van der Waals surface area (Å²) in [7, 11) is 0. The highest BCUT2D eigenvalue weighted by Gasteiger charge is 2.25. The second kappa shape index (κ2) is 7.16. The summed E-state index contributed by atoms with van der Waals surface area (Å²) < 4.78 is 0. The minimum atomic E-state index is 0.239. The van der Waals surface area contributed by atoms with E-state index in [0.717, 1.165) is 42.0 Å². The van der Waals surface area contributed by atoms with Gasteiger partial charge in [0.15, 0.2) is 0 Å². The fourth-order valence-corrected chi connectivity index (χ4v) is 4.15. The van der Waals surface area contributed by atoms with Crippen LogP contribution in [0.3, 0.4) is 0 Å². The minimum absolute atomic E-state index is 0.239. The van der Waals surface area contributed by atoms with Crippen molar-refractivity contribution < 1.29 is 4.79 Å². The first kappa shape index (κ1) is 17.2. The van der Waals surface area contributed by atoms with Crippen LogP contribution in [0.4, 0.5) is 0 Å². The van der Waals surface area contributed by atoms with Gasteiger partial charge in [-0.2, -0.15) is 0 Å². The molecule has 1 fully saturated rings. The van der Waals surface area contributed by atoms with E-state index in [2.05, 4.69) is 36.3 Å². The summed E-state index contributed by atoms with van der Waals surface area (Å²) in [4.78, 5) is 18.0. The standard InChI is InChI=1S/C22H23ClN2O/c1-15-4-2-3-5-17(15)12-22(26)25-10-8-16(9-11-25)20-14-24-21-13-18(23)6-7-19(20)21/h2-7,13-14,16,24H,8-12H2,1H3. The monoisotopic (exact) mass is 366 g/mol. The lowest BCUT2D eigenvalue weighted by molar-refractivity contribution is -0.131. The molecule has 1 saturated heterocycles. The van der Waals surface area contributed by atoms with Crippen molar-refractivity contribution in [3.8, 4) is 0 Å². The number of benzene rings is 2. The zero-order valence-electron chi connectivity index (χ0n) is 15.0. The van der Waals surface area contributed by atoms with Crippen LogP contribution in [0.1, 0.15) is 35.4 Å². The van der Waals surface area contributed by atoms with E-state index in [-0.39, 0.29) is 5.91 Å². The number of carbonyl (C=O) groups excluding carboxylic acids is 1. The Bertz CT molecular complexity index is 938. The topological polar surface area (TPSA) is 36.1 Å². The molecule has 1 aromatic heterocycles. The van der Waals surface area contributed by atoms with Gasteiger partial charge in [0.25, 0.3) is 0 Å². The number of H-pyrrole nitrogens is 1. The predicted molar refractivity (Wildman–Crippen MR) is 107 cm³/mol. The summed E-state index contributed by atoms with van der Waals surface area (Å²) in [5.41, 5.74) is 4.76. The molecular formula is C22H23ClN2O. The highest BCUT2D eigenvalue weighted by atomic mass is 35.5. The fourth-order valence-electron chi connectivity index (χ4n) is 3.98. The highest BCUT2D eigenvalue weighted by molar-refractivity contribution is 6.31. The van der Waals surface area contributed by atoms with Gasteiger partial charge in [-0.3, -0.25) is 4.79 Å². The Kier molecular flexibility index (Phi) is 4.73. The molecule has 3 nitrogen and oxygen atoms in total. The van der Waals surface area contributed by atoms with Crippen molar-refractivity contribution in [1.82, 2.24) is 9.88 Å². The molecule has 0 bridgehead atoms. The number of piperidine rings is 1. The van der Waals surface area contributed by atoms with Gasteiger partial charge in [-0.15, -0.1) is 0 Å². The number of likely N-dealkylation sites (tertiary alicyclic amines) is 1. The SMILES string of the molecule is Cc1ccccc1CC(=O)N1CCC(c2c[nH]c3cc(Cl)ccc23)CC1. The Morgan fingerprint density at radius 1 is 1.19 bits per heavy atom. The molecule has 134 valence electrons. The number of aryl methyl sites for hydroxylation is 1. The van der Waals surface area contributed by atoms with Crippen molar-refractivity contribution in [3.63, 3.8) is 0 Å². The van der Waals surface area contributed by atoms with Crippen molar-refractivity contribution in [2.24, 2.45) is 0 Å². The third kappa shape index (κ3) is 3.36. The van der Waals surface area contributed by atoms with E-state index in [1.165, 1.54) is 16.5 Å². The van der Waals surface area contributed by atoms with Crippen molar-refractivity contribution in [2.45, 2.75) is 32.1 Å². The molecule has 0 aliphatic carbocycles. The van der Waals surface area contributed by atoms with E-state index in [4.69, 9.17) is 11.6 Å². The number of nitrogens with one attached hydrogen (secondary N) is 1. The molecule has 4 rings (SSSR count). The Hall–Kier alpha value is -2.26. The number of hydrogen-bond donors (Lipinski definition) is 1. The average molecular weight is 367 g/mol.